The zero-order valence-corrected chi connectivity index (χ0v) is 17.0. The fourth-order valence-electron chi connectivity index (χ4n) is 3.23. The Labute approximate surface area is 168 Å². The van der Waals surface area contributed by atoms with E-state index in [1.165, 1.54) is 16.4 Å². The number of nitrogens with zero attached hydrogens (tertiary/aromatic N) is 3. The highest BCUT2D eigenvalue weighted by molar-refractivity contribution is 7.91. The molecule has 2 aliphatic rings. The third-order valence-electron chi connectivity index (χ3n) is 4.69. The molecule has 0 bridgehead atoms. The first-order valence-electron chi connectivity index (χ1n) is 8.47. The lowest BCUT2D eigenvalue weighted by Crippen LogP contribution is -2.48. The van der Waals surface area contributed by atoms with Crippen LogP contribution in [0.5, 0.6) is 0 Å². The molecule has 0 aliphatic carbocycles. The van der Waals surface area contributed by atoms with Crippen molar-refractivity contribution in [2.45, 2.75) is 9.79 Å². The minimum absolute atomic E-state index is 0.0649. The van der Waals surface area contributed by atoms with Crippen LogP contribution in [0.15, 0.2) is 56.7 Å². The summed E-state index contributed by atoms with van der Waals surface area (Å²) in [5, 5.41) is 3.33. The maximum absolute atomic E-state index is 13.0. The monoisotopic (exact) mass is 440 g/mol. The van der Waals surface area contributed by atoms with Crippen molar-refractivity contribution in [2.75, 3.05) is 36.4 Å². The molecule has 28 heavy (non-hydrogen) atoms. The van der Waals surface area contributed by atoms with Crippen molar-refractivity contribution >= 4 is 49.4 Å². The Balaban J connectivity index is 1.56. The van der Waals surface area contributed by atoms with Gasteiger partial charge in [-0.25, -0.2) is 8.42 Å². The Kier molecular flexibility index (Phi) is 4.82. The van der Waals surface area contributed by atoms with Gasteiger partial charge in [-0.3, -0.25) is 0 Å². The maximum Gasteiger partial charge on any atom is 0.285 e. The van der Waals surface area contributed by atoms with Gasteiger partial charge >= 0.3 is 0 Å². The number of halogens is 1. The summed E-state index contributed by atoms with van der Waals surface area (Å²) in [6.45, 7) is 1.59. The second-order valence-corrected chi connectivity index (χ2v) is 10.4. The van der Waals surface area contributed by atoms with E-state index in [-0.39, 0.29) is 22.9 Å². The largest absolute Gasteiger partial charge is 0.369 e. The van der Waals surface area contributed by atoms with Crippen LogP contribution < -0.4 is 10.2 Å². The van der Waals surface area contributed by atoms with Crippen molar-refractivity contribution in [3.8, 4) is 0 Å². The molecule has 11 heteroatoms. The molecule has 1 fully saturated rings. The van der Waals surface area contributed by atoms with Crippen molar-refractivity contribution in [1.29, 1.82) is 0 Å². The predicted molar refractivity (Wildman–Crippen MR) is 108 cm³/mol. The quantitative estimate of drug-likeness (QED) is 0.783. The fraction of sp³-hybridized carbons (Fsp3) is 0.235. The van der Waals surface area contributed by atoms with E-state index in [1.54, 1.807) is 6.07 Å². The van der Waals surface area contributed by atoms with Gasteiger partial charge in [0.1, 0.15) is 11.2 Å². The van der Waals surface area contributed by atoms with Gasteiger partial charge in [0.25, 0.3) is 10.0 Å². The highest BCUT2D eigenvalue weighted by atomic mass is 35.5. The molecule has 0 spiro atoms. The SMILES string of the molecule is O=S1(=O)N=CNc2ccc(S(=O)(=O)N3CCN(c4cccc(Cl)c4)CC3)cc21. The molecule has 1 saturated heterocycles. The van der Waals surface area contributed by atoms with Crippen molar-refractivity contribution in [3.05, 3.63) is 47.5 Å². The van der Waals surface area contributed by atoms with Crippen LogP contribution >= 0.6 is 11.6 Å². The van der Waals surface area contributed by atoms with E-state index in [0.29, 0.717) is 23.8 Å². The van der Waals surface area contributed by atoms with Gasteiger partial charge in [0.15, 0.2) is 0 Å². The van der Waals surface area contributed by atoms with Crippen molar-refractivity contribution in [2.24, 2.45) is 4.40 Å². The summed E-state index contributed by atoms with van der Waals surface area (Å²) in [4.78, 5) is 1.85. The van der Waals surface area contributed by atoms with Gasteiger partial charge in [0.2, 0.25) is 10.0 Å². The second-order valence-electron chi connectivity index (χ2n) is 6.38. The van der Waals surface area contributed by atoms with E-state index in [1.807, 2.05) is 18.2 Å². The summed E-state index contributed by atoms with van der Waals surface area (Å²) < 4.78 is 55.0. The van der Waals surface area contributed by atoms with Crippen LogP contribution in [0.1, 0.15) is 0 Å². The lowest BCUT2D eigenvalue weighted by atomic mass is 10.2. The predicted octanol–water partition coefficient (Wildman–Crippen LogP) is 1.99. The molecule has 0 saturated carbocycles. The summed E-state index contributed by atoms with van der Waals surface area (Å²) in [5.41, 5.74) is 1.24. The second kappa shape index (κ2) is 7.03. The Morgan fingerprint density at radius 3 is 2.50 bits per heavy atom. The van der Waals surface area contributed by atoms with Crippen LogP contribution in [0.2, 0.25) is 5.02 Å². The van der Waals surface area contributed by atoms with Gasteiger partial charge in [0.05, 0.1) is 10.6 Å². The standard InChI is InChI=1S/C17H17ClN4O4S2/c18-13-2-1-3-14(10-13)21-6-8-22(9-7-21)28(25,26)15-4-5-16-17(11-15)27(23,24)20-12-19-16/h1-5,10-12H,6-9H2,(H,19,20). The summed E-state index contributed by atoms with van der Waals surface area (Å²) in [6, 6.07) is 11.4. The summed E-state index contributed by atoms with van der Waals surface area (Å²) in [7, 11) is -7.72. The molecule has 2 aromatic rings. The molecule has 0 amide bonds. The van der Waals surface area contributed by atoms with Gasteiger partial charge in [0, 0.05) is 36.9 Å². The Morgan fingerprint density at radius 2 is 1.79 bits per heavy atom. The van der Waals surface area contributed by atoms with E-state index in [2.05, 4.69) is 14.6 Å². The summed E-state index contributed by atoms with van der Waals surface area (Å²) in [6.07, 6.45) is 1.07. The van der Waals surface area contributed by atoms with E-state index >= 15 is 0 Å². The summed E-state index contributed by atoms with van der Waals surface area (Å²) >= 11 is 6.03. The molecule has 148 valence electrons. The van der Waals surface area contributed by atoms with Crippen LogP contribution in [0.25, 0.3) is 0 Å². The Hall–Kier alpha value is -2.14. The molecular formula is C17H17ClN4O4S2. The van der Waals surface area contributed by atoms with Gasteiger partial charge in [-0.05, 0) is 36.4 Å². The lowest BCUT2D eigenvalue weighted by molar-refractivity contribution is 0.385. The molecule has 4 rings (SSSR count). The zero-order valence-electron chi connectivity index (χ0n) is 14.6. The van der Waals surface area contributed by atoms with Gasteiger partial charge in [-0.2, -0.15) is 12.7 Å². The third kappa shape index (κ3) is 3.48. The molecule has 2 aliphatic heterocycles. The van der Waals surface area contributed by atoms with Crippen LogP contribution in [0.4, 0.5) is 11.4 Å². The normalized spacial score (nSPS) is 19.1. The number of nitrogens with one attached hydrogen (secondary N) is 1. The minimum atomic E-state index is -3.90. The topological polar surface area (TPSA) is 99.1 Å². The number of benzene rings is 2. The number of rotatable bonds is 3. The highest BCUT2D eigenvalue weighted by Crippen LogP contribution is 2.30. The molecule has 0 unspecified atom stereocenters. The Bertz CT molecular complexity index is 1160. The van der Waals surface area contributed by atoms with Crippen LogP contribution in [-0.2, 0) is 20.0 Å². The van der Waals surface area contributed by atoms with Crippen LogP contribution in [0.3, 0.4) is 0 Å². The van der Waals surface area contributed by atoms with Gasteiger partial charge < -0.3 is 10.2 Å². The first kappa shape index (κ1) is 19.2. The number of piperazine rings is 1. The highest BCUT2D eigenvalue weighted by Gasteiger charge is 2.31. The molecular weight excluding hydrogens is 424 g/mol. The van der Waals surface area contributed by atoms with Crippen molar-refractivity contribution in [3.63, 3.8) is 0 Å². The number of hydrogen-bond acceptors (Lipinski definition) is 6. The first-order valence-corrected chi connectivity index (χ1v) is 11.7. The smallest absolute Gasteiger partial charge is 0.285 e. The lowest BCUT2D eigenvalue weighted by Gasteiger charge is -2.35. The Morgan fingerprint density at radius 1 is 1.04 bits per heavy atom. The van der Waals surface area contributed by atoms with E-state index in [9.17, 15) is 16.8 Å². The number of fused-ring (bicyclic) bond motifs is 1. The fourth-order valence-corrected chi connectivity index (χ4v) is 5.92. The van der Waals surface area contributed by atoms with Crippen molar-refractivity contribution < 1.29 is 16.8 Å². The number of anilines is 2. The number of sulfonamides is 2. The van der Waals surface area contributed by atoms with Gasteiger partial charge in [-0.1, -0.05) is 17.7 Å². The molecule has 0 atom stereocenters. The van der Waals surface area contributed by atoms with Crippen molar-refractivity contribution in [1.82, 2.24) is 4.31 Å². The maximum atomic E-state index is 13.0. The van der Waals surface area contributed by atoms with E-state index in [0.717, 1.165) is 18.1 Å². The molecule has 1 N–H and O–H groups in total. The van der Waals surface area contributed by atoms with E-state index < -0.39 is 20.0 Å². The third-order valence-corrected chi connectivity index (χ3v) is 8.10. The molecule has 0 radical (unpaired) electrons. The zero-order chi connectivity index (χ0) is 19.9. The van der Waals surface area contributed by atoms with E-state index in [4.69, 9.17) is 11.6 Å². The van der Waals surface area contributed by atoms with Crippen LogP contribution in [0, 0.1) is 0 Å². The molecule has 0 aromatic heterocycles. The molecule has 2 heterocycles. The first-order chi connectivity index (χ1) is 13.3. The minimum Gasteiger partial charge on any atom is -0.369 e. The van der Waals surface area contributed by atoms with Crippen LogP contribution in [-0.4, -0.2) is 53.7 Å². The molecule has 2 aromatic carbocycles. The average molecular weight is 441 g/mol. The van der Waals surface area contributed by atoms with Gasteiger partial charge in [-0.15, -0.1) is 4.40 Å². The summed E-state index contributed by atoms with van der Waals surface area (Å²) in [5.74, 6) is 0. The average Bonchev–Trinajstić information content (AvgIpc) is 2.68. The number of hydrogen-bond donors (Lipinski definition) is 1. The molecule has 8 nitrogen and oxygen atoms in total.